The number of fused-ring (bicyclic) bond motifs is 1. The molecule has 0 spiro atoms. The molecule has 0 amide bonds. The molecule has 0 aliphatic carbocycles. The SMILES string of the molecule is COc1cc(NC(C(=O)c2c[nH]c3cc(F)c(C)cc23)c2ccc(F)cc2C)cc(S(C)(=O)=O)c1. The summed E-state index contributed by atoms with van der Waals surface area (Å²) in [6.45, 7) is 3.29. The van der Waals surface area contributed by atoms with E-state index in [0.717, 1.165) is 6.26 Å². The van der Waals surface area contributed by atoms with Crippen molar-refractivity contribution in [1.82, 2.24) is 4.98 Å². The van der Waals surface area contributed by atoms with E-state index in [0.29, 0.717) is 38.8 Å². The predicted octanol–water partition coefficient (Wildman–Crippen LogP) is 5.51. The minimum Gasteiger partial charge on any atom is -0.497 e. The molecule has 4 rings (SSSR count). The van der Waals surface area contributed by atoms with Gasteiger partial charge in [-0.05, 0) is 66.9 Å². The normalized spacial score (nSPS) is 12.5. The van der Waals surface area contributed by atoms with Gasteiger partial charge in [-0.1, -0.05) is 6.07 Å². The molecular formula is C26H24F2N2O4S. The van der Waals surface area contributed by atoms with E-state index in [2.05, 4.69) is 10.3 Å². The van der Waals surface area contributed by atoms with Crippen molar-refractivity contribution < 1.29 is 26.7 Å². The van der Waals surface area contributed by atoms with E-state index in [4.69, 9.17) is 4.74 Å². The predicted molar refractivity (Wildman–Crippen MR) is 131 cm³/mol. The number of benzene rings is 3. The van der Waals surface area contributed by atoms with Gasteiger partial charge in [0, 0.05) is 40.7 Å². The van der Waals surface area contributed by atoms with Crippen molar-refractivity contribution in [2.75, 3.05) is 18.7 Å². The highest BCUT2D eigenvalue weighted by molar-refractivity contribution is 7.90. The van der Waals surface area contributed by atoms with Crippen LogP contribution in [0, 0.1) is 25.5 Å². The summed E-state index contributed by atoms with van der Waals surface area (Å²) in [7, 11) is -2.16. The lowest BCUT2D eigenvalue weighted by Gasteiger charge is -2.22. The Morgan fingerprint density at radius 2 is 1.77 bits per heavy atom. The van der Waals surface area contributed by atoms with Crippen molar-refractivity contribution in [2.24, 2.45) is 0 Å². The maximum absolute atomic E-state index is 14.1. The number of hydrogen-bond acceptors (Lipinski definition) is 5. The lowest BCUT2D eigenvalue weighted by atomic mass is 9.93. The molecule has 0 aliphatic rings. The second kappa shape index (κ2) is 9.14. The molecule has 1 unspecified atom stereocenters. The molecule has 2 N–H and O–H groups in total. The van der Waals surface area contributed by atoms with Gasteiger partial charge in [0.2, 0.25) is 0 Å². The highest BCUT2D eigenvalue weighted by Crippen LogP contribution is 2.33. The number of rotatable bonds is 7. The topological polar surface area (TPSA) is 88.3 Å². The number of carbonyl (C=O) groups excluding carboxylic acids is 1. The fourth-order valence-corrected chi connectivity index (χ4v) is 4.68. The summed E-state index contributed by atoms with van der Waals surface area (Å²) in [6.07, 6.45) is 2.58. The zero-order valence-electron chi connectivity index (χ0n) is 19.6. The maximum Gasteiger partial charge on any atom is 0.191 e. The summed E-state index contributed by atoms with van der Waals surface area (Å²) in [6, 6.07) is 10.4. The molecule has 182 valence electrons. The number of methoxy groups -OCH3 is 1. The molecule has 1 heterocycles. The molecular weight excluding hydrogens is 474 g/mol. The van der Waals surface area contributed by atoms with Crippen LogP contribution in [0.4, 0.5) is 14.5 Å². The number of anilines is 1. The highest BCUT2D eigenvalue weighted by atomic mass is 32.2. The maximum atomic E-state index is 14.1. The Bertz CT molecular complexity index is 1560. The highest BCUT2D eigenvalue weighted by Gasteiger charge is 2.27. The Kier molecular flexibility index (Phi) is 6.38. The first-order chi connectivity index (χ1) is 16.5. The second-order valence-corrected chi connectivity index (χ2v) is 10.5. The van der Waals surface area contributed by atoms with Crippen molar-refractivity contribution in [3.8, 4) is 5.75 Å². The standard InChI is InChI=1S/C26H24F2N2O4S/c1-14-7-16(27)5-6-20(14)25(30-17-9-18(34-3)11-19(10-17)35(4,32)33)26(31)22-13-29-24-12-23(28)15(2)8-21(22)24/h5-13,25,29-30H,1-4H3. The minimum atomic E-state index is -3.57. The van der Waals surface area contributed by atoms with Crippen LogP contribution in [0.3, 0.4) is 0 Å². The van der Waals surface area contributed by atoms with E-state index >= 15 is 0 Å². The van der Waals surface area contributed by atoms with Gasteiger partial charge in [-0.25, -0.2) is 17.2 Å². The second-order valence-electron chi connectivity index (χ2n) is 8.46. The molecule has 3 aromatic carbocycles. The van der Waals surface area contributed by atoms with Crippen LogP contribution in [0.2, 0.25) is 0 Å². The van der Waals surface area contributed by atoms with Crippen LogP contribution in [0.25, 0.3) is 10.9 Å². The Balaban J connectivity index is 1.86. The number of H-pyrrole nitrogens is 1. The Labute approximate surface area is 201 Å². The van der Waals surface area contributed by atoms with Gasteiger partial charge in [-0.15, -0.1) is 0 Å². The average molecular weight is 499 g/mol. The number of halogens is 2. The molecule has 0 saturated carbocycles. The monoisotopic (exact) mass is 498 g/mol. The van der Waals surface area contributed by atoms with Crippen molar-refractivity contribution in [3.63, 3.8) is 0 Å². The molecule has 0 bridgehead atoms. The summed E-state index contributed by atoms with van der Waals surface area (Å²) in [5.74, 6) is -0.917. The smallest absolute Gasteiger partial charge is 0.191 e. The third-order valence-corrected chi connectivity index (χ3v) is 6.98. The summed E-state index contributed by atoms with van der Waals surface area (Å²) in [4.78, 5) is 16.8. The van der Waals surface area contributed by atoms with Gasteiger partial charge in [0.15, 0.2) is 15.6 Å². The van der Waals surface area contributed by atoms with Crippen LogP contribution in [-0.2, 0) is 9.84 Å². The molecule has 6 nitrogen and oxygen atoms in total. The number of ether oxygens (including phenoxy) is 1. The summed E-state index contributed by atoms with van der Waals surface area (Å²) in [5.41, 5.74) is 2.54. The van der Waals surface area contributed by atoms with Crippen LogP contribution in [-0.4, -0.2) is 32.6 Å². The van der Waals surface area contributed by atoms with E-state index in [9.17, 15) is 22.0 Å². The fourth-order valence-electron chi connectivity index (χ4n) is 4.01. The van der Waals surface area contributed by atoms with Crippen LogP contribution < -0.4 is 10.1 Å². The molecule has 0 saturated heterocycles. The van der Waals surface area contributed by atoms with Crippen molar-refractivity contribution >= 4 is 32.2 Å². The van der Waals surface area contributed by atoms with Crippen LogP contribution >= 0.6 is 0 Å². The zero-order valence-corrected chi connectivity index (χ0v) is 20.4. The average Bonchev–Trinajstić information content (AvgIpc) is 3.19. The number of ketones is 1. The lowest BCUT2D eigenvalue weighted by Crippen LogP contribution is -2.22. The van der Waals surface area contributed by atoms with E-state index in [1.54, 1.807) is 26.0 Å². The largest absolute Gasteiger partial charge is 0.497 e. The number of carbonyl (C=O) groups is 1. The van der Waals surface area contributed by atoms with Crippen molar-refractivity contribution in [3.05, 3.63) is 88.6 Å². The van der Waals surface area contributed by atoms with Crippen LogP contribution in [0.15, 0.2) is 59.6 Å². The summed E-state index contributed by atoms with van der Waals surface area (Å²) >= 11 is 0. The van der Waals surface area contributed by atoms with Crippen LogP contribution in [0.5, 0.6) is 5.75 Å². The Morgan fingerprint density at radius 3 is 2.43 bits per heavy atom. The quantitative estimate of drug-likeness (QED) is 0.328. The van der Waals surface area contributed by atoms with Gasteiger partial charge in [0.1, 0.15) is 23.4 Å². The summed E-state index contributed by atoms with van der Waals surface area (Å²) in [5, 5.41) is 3.66. The van der Waals surface area contributed by atoms with Crippen LogP contribution in [0.1, 0.15) is 33.1 Å². The van der Waals surface area contributed by atoms with E-state index in [1.165, 1.54) is 49.7 Å². The molecule has 9 heteroatoms. The van der Waals surface area contributed by atoms with Gasteiger partial charge in [-0.2, -0.15) is 0 Å². The first kappa shape index (κ1) is 24.4. The number of sulfone groups is 1. The van der Waals surface area contributed by atoms with Gasteiger partial charge in [0.25, 0.3) is 0 Å². The first-order valence-corrected chi connectivity index (χ1v) is 12.6. The molecule has 35 heavy (non-hydrogen) atoms. The third-order valence-electron chi connectivity index (χ3n) is 5.89. The Hall–Kier alpha value is -3.72. The first-order valence-electron chi connectivity index (χ1n) is 10.7. The summed E-state index contributed by atoms with van der Waals surface area (Å²) < 4.78 is 57.6. The van der Waals surface area contributed by atoms with E-state index < -0.39 is 27.5 Å². The lowest BCUT2D eigenvalue weighted by molar-refractivity contribution is 0.0971. The Morgan fingerprint density at radius 1 is 1.03 bits per heavy atom. The van der Waals surface area contributed by atoms with Gasteiger partial charge in [0.05, 0.1) is 12.0 Å². The van der Waals surface area contributed by atoms with E-state index in [1.807, 2.05) is 0 Å². The zero-order chi connectivity index (χ0) is 25.5. The van der Waals surface area contributed by atoms with Gasteiger partial charge >= 0.3 is 0 Å². The number of hydrogen-bond donors (Lipinski definition) is 2. The molecule has 4 aromatic rings. The third kappa shape index (κ3) is 4.90. The van der Waals surface area contributed by atoms with Crippen molar-refractivity contribution in [1.29, 1.82) is 0 Å². The van der Waals surface area contributed by atoms with Gasteiger partial charge in [-0.3, -0.25) is 4.79 Å². The molecule has 0 fully saturated rings. The number of Topliss-reactive ketones (excluding diaryl/α,β-unsaturated/α-hetero) is 1. The number of nitrogens with one attached hydrogen (secondary N) is 2. The number of aromatic amines is 1. The van der Waals surface area contributed by atoms with E-state index in [-0.39, 0.29) is 16.4 Å². The van der Waals surface area contributed by atoms with Gasteiger partial charge < -0.3 is 15.0 Å². The molecule has 0 radical (unpaired) electrons. The number of aromatic nitrogens is 1. The molecule has 0 aliphatic heterocycles. The molecule has 1 aromatic heterocycles. The minimum absolute atomic E-state index is 0.0135. The number of aryl methyl sites for hydroxylation is 2. The van der Waals surface area contributed by atoms with Crippen molar-refractivity contribution in [2.45, 2.75) is 24.8 Å². The molecule has 1 atom stereocenters. The fraction of sp³-hybridized carbons (Fsp3) is 0.192.